The van der Waals surface area contributed by atoms with Gasteiger partial charge in [-0.3, -0.25) is 4.79 Å². The van der Waals surface area contributed by atoms with Gasteiger partial charge in [0.05, 0.1) is 5.56 Å². The maximum Gasteiger partial charge on any atom is 0.488 e. The van der Waals surface area contributed by atoms with E-state index in [2.05, 4.69) is 19.5 Å². The second kappa shape index (κ2) is 5.69. The number of aromatic amines is 1. The number of halogens is 1. The van der Waals surface area contributed by atoms with E-state index in [4.69, 9.17) is 0 Å². The number of rotatable bonds is 4. The summed E-state index contributed by atoms with van der Waals surface area (Å²) in [5, 5.41) is 3.42. The molecule has 0 saturated heterocycles. The summed E-state index contributed by atoms with van der Waals surface area (Å²) in [6, 6.07) is 8.70. The number of fused-ring (bicyclic) bond motifs is 1. The van der Waals surface area contributed by atoms with Gasteiger partial charge in [0.2, 0.25) is 0 Å². The number of amides is 1. The molecule has 0 bridgehead atoms. The van der Waals surface area contributed by atoms with Crippen molar-refractivity contribution in [3.05, 3.63) is 54.4 Å². The number of nitrogens with one attached hydrogen (secondary N) is 2. The van der Waals surface area contributed by atoms with Crippen molar-refractivity contribution in [2.45, 2.75) is 0 Å². The summed E-state index contributed by atoms with van der Waals surface area (Å²) in [7, 11) is -5.07. The van der Waals surface area contributed by atoms with Crippen LogP contribution in [0.25, 0.3) is 11.0 Å². The lowest BCUT2D eigenvalue weighted by molar-refractivity contribution is 0.102. The zero-order valence-electron chi connectivity index (χ0n) is 11.5. The van der Waals surface area contributed by atoms with Crippen molar-refractivity contribution in [3.8, 4) is 5.75 Å². The Morgan fingerprint density at radius 2 is 1.96 bits per heavy atom. The van der Waals surface area contributed by atoms with Gasteiger partial charge >= 0.3 is 10.5 Å². The molecule has 2 aromatic heterocycles. The fraction of sp³-hybridized carbons (Fsp3) is 0. The molecule has 0 spiro atoms. The molecule has 0 atom stereocenters. The van der Waals surface area contributed by atoms with E-state index in [1.54, 1.807) is 18.3 Å². The van der Waals surface area contributed by atoms with Gasteiger partial charge in [0.15, 0.2) is 0 Å². The Morgan fingerprint density at radius 3 is 2.65 bits per heavy atom. The van der Waals surface area contributed by atoms with Crippen LogP contribution in [0.3, 0.4) is 0 Å². The number of carbonyl (C=O) groups is 1. The molecule has 9 heteroatoms. The smallest absolute Gasteiger partial charge is 0.358 e. The summed E-state index contributed by atoms with van der Waals surface area (Å²) < 4.78 is 37.2. The van der Waals surface area contributed by atoms with E-state index in [9.17, 15) is 17.1 Å². The van der Waals surface area contributed by atoms with E-state index in [1.807, 2.05) is 0 Å². The topological polar surface area (TPSA) is 101 Å². The Kier molecular flexibility index (Phi) is 3.70. The van der Waals surface area contributed by atoms with E-state index in [-0.39, 0.29) is 11.7 Å². The Bertz CT molecular complexity index is 967. The van der Waals surface area contributed by atoms with Gasteiger partial charge < -0.3 is 14.5 Å². The molecule has 0 aliphatic heterocycles. The third-order valence-electron chi connectivity index (χ3n) is 2.97. The number of hydrogen-bond acceptors (Lipinski definition) is 5. The highest BCUT2D eigenvalue weighted by Gasteiger charge is 2.11. The first-order chi connectivity index (χ1) is 10.9. The van der Waals surface area contributed by atoms with E-state index in [0.717, 1.165) is 5.39 Å². The summed E-state index contributed by atoms with van der Waals surface area (Å²) in [4.78, 5) is 19.2. The lowest BCUT2D eigenvalue weighted by atomic mass is 10.2. The molecule has 0 unspecified atom stereocenters. The molecule has 1 amide bonds. The number of hydrogen-bond donors (Lipinski definition) is 2. The van der Waals surface area contributed by atoms with Crippen LogP contribution in [-0.2, 0) is 10.5 Å². The summed E-state index contributed by atoms with van der Waals surface area (Å²) in [5.41, 5.74) is 1.44. The molecule has 0 aliphatic rings. The predicted octanol–water partition coefficient (Wildman–Crippen LogP) is 2.41. The molecule has 118 valence electrons. The summed E-state index contributed by atoms with van der Waals surface area (Å²) in [6.07, 6.45) is 3.15. The molecule has 7 nitrogen and oxygen atoms in total. The van der Waals surface area contributed by atoms with Gasteiger partial charge in [-0.25, -0.2) is 4.98 Å². The van der Waals surface area contributed by atoms with Crippen LogP contribution in [0.5, 0.6) is 5.75 Å². The highest BCUT2D eigenvalue weighted by atomic mass is 32.3. The van der Waals surface area contributed by atoms with Crippen molar-refractivity contribution in [3.63, 3.8) is 0 Å². The summed E-state index contributed by atoms with van der Waals surface area (Å²) in [5.74, 6) is -0.576. The maximum absolute atomic E-state index is 12.4. The second-order valence-electron chi connectivity index (χ2n) is 4.59. The van der Waals surface area contributed by atoms with Crippen molar-refractivity contribution in [1.29, 1.82) is 0 Å². The van der Waals surface area contributed by atoms with Crippen molar-refractivity contribution in [2.24, 2.45) is 0 Å². The Labute approximate surface area is 130 Å². The highest BCUT2D eigenvalue weighted by Crippen LogP contribution is 2.19. The van der Waals surface area contributed by atoms with Crippen LogP contribution in [0.1, 0.15) is 10.4 Å². The fourth-order valence-corrected chi connectivity index (χ4v) is 2.32. The predicted molar refractivity (Wildman–Crippen MR) is 81.1 cm³/mol. The van der Waals surface area contributed by atoms with E-state index in [0.29, 0.717) is 16.9 Å². The zero-order valence-corrected chi connectivity index (χ0v) is 12.3. The summed E-state index contributed by atoms with van der Waals surface area (Å²) in [6.45, 7) is 0. The number of anilines is 1. The van der Waals surface area contributed by atoms with Crippen LogP contribution in [0, 0.1) is 0 Å². The zero-order chi connectivity index (χ0) is 16.4. The minimum atomic E-state index is -5.07. The van der Waals surface area contributed by atoms with Crippen molar-refractivity contribution >= 4 is 33.1 Å². The first-order valence-electron chi connectivity index (χ1n) is 6.39. The van der Waals surface area contributed by atoms with E-state index in [1.165, 1.54) is 30.5 Å². The third kappa shape index (κ3) is 3.64. The van der Waals surface area contributed by atoms with Gasteiger partial charge in [-0.2, -0.15) is 8.42 Å². The van der Waals surface area contributed by atoms with Gasteiger partial charge in [-0.05, 0) is 36.4 Å². The average Bonchev–Trinajstić information content (AvgIpc) is 2.95. The van der Waals surface area contributed by atoms with Crippen LogP contribution in [0.15, 0.2) is 48.8 Å². The number of nitrogens with zero attached hydrogens (tertiary/aromatic N) is 1. The summed E-state index contributed by atoms with van der Waals surface area (Å²) >= 11 is 0. The molecular formula is C14H10FN3O4S. The standard InChI is InChI=1S/C14H10FN3O4S/c15-23(20,21)22-12-3-1-11(2-4-12)18-14(19)10-7-9-5-6-16-13(9)17-8-10/h1-8H,(H,16,17)(H,18,19). The first kappa shape index (κ1) is 15.0. The van der Waals surface area contributed by atoms with Crippen LogP contribution in [0.4, 0.5) is 9.57 Å². The third-order valence-corrected chi connectivity index (χ3v) is 3.36. The minimum Gasteiger partial charge on any atom is -0.358 e. The van der Waals surface area contributed by atoms with Gasteiger partial charge in [-0.1, -0.05) is 3.89 Å². The number of aromatic nitrogens is 2. The quantitative estimate of drug-likeness (QED) is 0.713. The normalized spacial score (nSPS) is 11.3. The first-order valence-corrected chi connectivity index (χ1v) is 7.70. The van der Waals surface area contributed by atoms with Crippen LogP contribution in [0.2, 0.25) is 0 Å². The monoisotopic (exact) mass is 335 g/mol. The number of H-pyrrole nitrogens is 1. The number of benzene rings is 1. The molecular weight excluding hydrogens is 325 g/mol. The van der Waals surface area contributed by atoms with Crippen molar-refractivity contribution in [2.75, 3.05) is 5.32 Å². The molecule has 3 rings (SSSR count). The molecule has 0 aliphatic carbocycles. The minimum absolute atomic E-state index is 0.194. The van der Waals surface area contributed by atoms with E-state index >= 15 is 0 Å². The lowest BCUT2D eigenvalue weighted by Crippen LogP contribution is -2.12. The van der Waals surface area contributed by atoms with Crippen molar-refractivity contribution in [1.82, 2.24) is 9.97 Å². The molecule has 3 aromatic rings. The largest absolute Gasteiger partial charge is 0.488 e. The number of carbonyl (C=O) groups excluding carboxylic acids is 1. The van der Waals surface area contributed by atoms with E-state index < -0.39 is 10.5 Å². The SMILES string of the molecule is O=C(Nc1ccc(OS(=O)(=O)F)cc1)c1cnc2[nH]ccc2c1. The molecule has 23 heavy (non-hydrogen) atoms. The second-order valence-corrected chi connectivity index (χ2v) is 5.55. The van der Waals surface area contributed by atoms with Crippen LogP contribution >= 0.6 is 0 Å². The Morgan fingerprint density at radius 1 is 1.22 bits per heavy atom. The molecule has 0 fully saturated rings. The average molecular weight is 335 g/mol. The molecule has 0 saturated carbocycles. The molecule has 0 radical (unpaired) electrons. The van der Waals surface area contributed by atoms with Crippen LogP contribution < -0.4 is 9.50 Å². The van der Waals surface area contributed by atoms with Crippen LogP contribution in [-0.4, -0.2) is 24.3 Å². The molecule has 2 N–H and O–H groups in total. The molecule has 1 aromatic carbocycles. The van der Waals surface area contributed by atoms with Gasteiger partial charge in [0, 0.05) is 23.5 Å². The number of pyridine rings is 1. The lowest BCUT2D eigenvalue weighted by Gasteiger charge is -2.06. The Hall–Kier alpha value is -2.94. The fourth-order valence-electron chi connectivity index (χ4n) is 1.98. The maximum atomic E-state index is 12.4. The van der Waals surface area contributed by atoms with Gasteiger partial charge in [-0.15, -0.1) is 0 Å². The van der Waals surface area contributed by atoms with Gasteiger partial charge in [0.1, 0.15) is 11.4 Å². The van der Waals surface area contributed by atoms with Crippen molar-refractivity contribution < 1.29 is 21.3 Å². The van der Waals surface area contributed by atoms with Gasteiger partial charge in [0.25, 0.3) is 5.91 Å². The highest BCUT2D eigenvalue weighted by molar-refractivity contribution is 7.81. The Balaban J connectivity index is 1.74. The molecule has 2 heterocycles.